The number of amides is 2. The first-order valence-corrected chi connectivity index (χ1v) is 11.2. The molecule has 190 valence electrons. The lowest BCUT2D eigenvalue weighted by atomic mass is 10.1. The van der Waals surface area contributed by atoms with Crippen LogP contribution in [0.15, 0.2) is 53.3 Å². The number of anilines is 2. The number of aromatic nitrogens is 1. The highest BCUT2D eigenvalue weighted by molar-refractivity contribution is 6.04. The highest BCUT2D eigenvalue weighted by atomic mass is 16.5. The topological polar surface area (TPSA) is 188 Å². The van der Waals surface area contributed by atoms with Crippen LogP contribution in [0.25, 0.3) is 10.9 Å². The third-order valence-electron chi connectivity index (χ3n) is 5.97. The monoisotopic (exact) mass is 505 g/mol. The van der Waals surface area contributed by atoms with Crippen LogP contribution in [0.1, 0.15) is 11.1 Å². The zero-order valence-electron chi connectivity index (χ0n) is 19.5. The number of fused-ring (bicyclic) bond motifs is 1. The number of carbonyl (C=O) groups excluding carboxylic acids is 2. The maximum atomic E-state index is 13.2. The van der Waals surface area contributed by atoms with E-state index in [1.54, 1.807) is 18.2 Å². The van der Waals surface area contributed by atoms with Crippen LogP contribution in [-0.2, 0) is 32.2 Å². The van der Waals surface area contributed by atoms with Gasteiger partial charge in [-0.3, -0.25) is 23.7 Å². The minimum Gasteiger partial charge on any atom is -0.480 e. The smallest absolute Gasteiger partial charge is 0.323 e. The van der Waals surface area contributed by atoms with Gasteiger partial charge in [-0.15, -0.1) is 0 Å². The molecule has 0 spiro atoms. The average Bonchev–Trinajstić information content (AvgIpc) is 2.89. The fraction of sp³-hybridized carbons (Fsp3) is 0.240. The Kier molecular flexibility index (Phi) is 7.30. The maximum absolute atomic E-state index is 13.2. The van der Waals surface area contributed by atoms with Crippen LogP contribution in [0.3, 0.4) is 0 Å². The molecular formula is C25H23N5O7. The van der Waals surface area contributed by atoms with Crippen molar-refractivity contribution < 1.29 is 29.3 Å². The van der Waals surface area contributed by atoms with E-state index >= 15 is 0 Å². The highest BCUT2D eigenvalue weighted by Crippen LogP contribution is 2.25. The summed E-state index contributed by atoms with van der Waals surface area (Å²) in [5.74, 6) is -2.77. The number of morpholine rings is 1. The molecule has 2 heterocycles. The van der Waals surface area contributed by atoms with Gasteiger partial charge in [-0.1, -0.05) is 6.07 Å². The van der Waals surface area contributed by atoms with Crippen molar-refractivity contribution in [3.05, 3.63) is 70.0 Å². The van der Waals surface area contributed by atoms with Crippen LogP contribution in [0.4, 0.5) is 11.4 Å². The third-order valence-corrected chi connectivity index (χ3v) is 5.97. The Labute approximate surface area is 210 Å². The lowest BCUT2D eigenvalue weighted by Crippen LogP contribution is -2.55. The van der Waals surface area contributed by atoms with Crippen LogP contribution in [0.2, 0.25) is 0 Å². The number of nitrogens with one attached hydrogen (secondary N) is 1. The van der Waals surface area contributed by atoms with Crippen molar-refractivity contribution in [2.75, 3.05) is 23.4 Å². The number of nitrogens with two attached hydrogens (primary N) is 1. The number of aliphatic carboxylic acids is 1. The minimum atomic E-state index is -1.85. The summed E-state index contributed by atoms with van der Waals surface area (Å²) in [6.45, 7) is -0.357. The van der Waals surface area contributed by atoms with Gasteiger partial charge in [0, 0.05) is 30.5 Å². The van der Waals surface area contributed by atoms with Crippen molar-refractivity contribution in [2.24, 2.45) is 5.73 Å². The van der Waals surface area contributed by atoms with Crippen molar-refractivity contribution >= 4 is 40.1 Å². The van der Waals surface area contributed by atoms with Crippen molar-refractivity contribution in [3.8, 4) is 6.07 Å². The normalized spacial score (nSPS) is 16.3. The number of aliphatic hydroxyl groups is 1. The summed E-state index contributed by atoms with van der Waals surface area (Å²) in [5, 5.41) is 32.1. The lowest BCUT2D eigenvalue weighted by molar-refractivity contribution is -0.150. The molecule has 12 heteroatoms. The van der Waals surface area contributed by atoms with E-state index in [0.29, 0.717) is 27.7 Å². The van der Waals surface area contributed by atoms with E-state index < -0.39 is 42.1 Å². The number of nitriles is 1. The summed E-state index contributed by atoms with van der Waals surface area (Å²) >= 11 is 0. The Bertz CT molecular complexity index is 1490. The summed E-state index contributed by atoms with van der Waals surface area (Å²) in [7, 11) is 0. The molecule has 1 fully saturated rings. The predicted octanol–water partition coefficient (Wildman–Crippen LogP) is 0.148. The summed E-state index contributed by atoms with van der Waals surface area (Å²) < 4.78 is 6.51. The summed E-state index contributed by atoms with van der Waals surface area (Å²) in [4.78, 5) is 50.8. The number of hydrogen-bond donors (Lipinski definition) is 4. The van der Waals surface area contributed by atoms with Crippen molar-refractivity contribution in [1.82, 2.24) is 4.57 Å². The number of carboxylic acids is 1. The molecule has 5 N–H and O–H groups in total. The number of rotatable bonds is 7. The minimum absolute atomic E-state index is 0.0176. The molecule has 37 heavy (non-hydrogen) atoms. The number of carbonyl (C=O) groups is 3. The Morgan fingerprint density at radius 2 is 1.95 bits per heavy atom. The van der Waals surface area contributed by atoms with Crippen LogP contribution in [0, 0.1) is 11.3 Å². The van der Waals surface area contributed by atoms with Gasteiger partial charge < -0.3 is 30.9 Å². The van der Waals surface area contributed by atoms with E-state index in [1.807, 2.05) is 6.07 Å². The Morgan fingerprint density at radius 1 is 1.19 bits per heavy atom. The molecule has 4 rings (SSSR count). The number of aliphatic hydroxyl groups excluding tert-OH is 1. The predicted molar refractivity (Wildman–Crippen MR) is 132 cm³/mol. The van der Waals surface area contributed by atoms with E-state index in [4.69, 9.17) is 15.7 Å². The van der Waals surface area contributed by atoms with Gasteiger partial charge in [-0.05, 0) is 47.3 Å². The Balaban J connectivity index is 1.57. The zero-order valence-corrected chi connectivity index (χ0v) is 19.5. The molecule has 0 radical (unpaired) electrons. The van der Waals surface area contributed by atoms with Gasteiger partial charge in [0.25, 0.3) is 17.4 Å². The second-order valence-electron chi connectivity index (χ2n) is 8.30. The van der Waals surface area contributed by atoms with Gasteiger partial charge >= 0.3 is 5.97 Å². The van der Waals surface area contributed by atoms with Gasteiger partial charge in [0.1, 0.15) is 6.54 Å². The summed E-state index contributed by atoms with van der Waals surface area (Å²) in [6.07, 6.45) is -3.35. The van der Waals surface area contributed by atoms with E-state index in [2.05, 4.69) is 5.32 Å². The Hall–Kier alpha value is -4.57. The Morgan fingerprint density at radius 3 is 2.65 bits per heavy atom. The molecule has 0 aliphatic carbocycles. The summed E-state index contributed by atoms with van der Waals surface area (Å²) in [5.41, 5.74) is 6.94. The lowest BCUT2D eigenvalue weighted by Gasteiger charge is -2.34. The van der Waals surface area contributed by atoms with E-state index in [1.165, 1.54) is 35.2 Å². The summed E-state index contributed by atoms with van der Waals surface area (Å²) in [6, 6.07) is 14.1. The van der Waals surface area contributed by atoms with Crippen LogP contribution < -0.4 is 21.5 Å². The highest BCUT2D eigenvalue weighted by Gasteiger charge is 2.39. The van der Waals surface area contributed by atoms with Crippen molar-refractivity contribution in [2.45, 2.75) is 25.3 Å². The van der Waals surface area contributed by atoms with E-state index in [9.17, 15) is 29.4 Å². The molecule has 3 aromatic rings. The molecule has 2 atom stereocenters. The zero-order chi connectivity index (χ0) is 26.7. The number of hydrogen-bond acceptors (Lipinski definition) is 8. The molecule has 0 unspecified atom stereocenters. The first kappa shape index (κ1) is 25.5. The number of pyridine rings is 1. The number of benzene rings is 2. The standard InChI is InChI=1S/C25H23N5O7/c26-11-15-1-4-17(9-16(15)12-27)28-24(35)22(34)23-25(36)29(7-8-37-23)18-5-2-14-3-6-20(31)30(13-21(32)33)19(14)10-18/h1-6,9-10,22-23,34H,7-8,12-13,27H2,(H,28,35)(H,32,33)/t22-,23-/m1/s1. The number of nitrogens with zero attached hydrogens (tertiary/aromatic N) is 3. The van der Waals surface area contributed by atoms with Crippen molar-refractivity contribution in [3.63, 3.8) is 0 Å². The quantitative estimate of drug-likeness (QED) is 0.346. The second kappa shape index (κ2) is 10.6. The number of ether oxygens (including phenoxy) is 1. The average molecular weight is 505 g/mol. The molecule has 2 amide bonds. The molecule has 1 saturated heterocycles. The van der Waals surface area contributed by atoms with Crippen LogP contribution in [-0.4, -0.2) is 57.9 Å². The van der Waals surface area contributed by atoms with Gasteiger partial charge in [0.05, 0.1) is 23.8 Å². The van der Waals surface area contributed by atoms with E-state index in [0.717, 1.165) is 4.57 Å². The molecule has 0 saturated carbocycles. The number of carboxylic acid groups (broad SMARTS) is 1. The second-order valence-corrected chi connectivity index (χ2v) is 8.30. The van der Waals surface area contributed by atoms with Gasteiger partial charge in [0.15, 0.2) is 12.2 Å². The third kappa shape index (κ3) is 5.19. The van der Waals surface area contributed by atoms with Gasteiger partial charge in [-0.2, -0.15) is 5.26 Å². The van der Waals surface area contributed by atoms with Crippen LogP contribution in [0.5, 0.6) is 0 Å². The van der Waals surface area contributed by atoms with Gasteiger partial charge in [-0.25, -0.2) is 0 Å². The molecular weight excluding hydrogens is 482 g/mol. The molecule has 1 aliphatic rings. The fourth-order valence-electron chi connectivity index (χ4n) is 4.13. The first-order chi connectivity index (χ1) is 17.7. The molecule has 0 bridgehead atoms. The largest absolute Gasteiger partial charge is 0.480 e. The van der Waals surface area contributed by atoms with Crippen LogP contribution >= 0.6 is 0 Å². The molecule has 1 aromatic heterocycles. The van der Waals surface area contributed by atoms with Gasteiger partial charge in [0.2, 0.25) is 0 Å². The fourth-order valence-corrected chi connectivity index (χ4v) is 4.13. The molecule has 2 aromatic carbocycles. The molecule has 1 aliphatic heterocycles. The molecule has 12 nitrogen and oxygen atoms in total. The maximum Gasteiger partial charge on any atom is 0.323 e. The van der Waals surface area contributed by atoms with E-state index in [-0.39, 0.29) is 25.4 Å². The first-order valence-electron chi connectivity index (χ1n) is 11.2. The van der Waals surface area contributed by atoms with Crippen molar-refractivity contribution in [1.29, 1.82) is 5.26 Å². The SMILES string of the molecule is N#Cc1ccc(NC(=O)[C@H](O)[C@H]2OCCN(c3ccc4ccc(=O)n(CC(=O)O)c4c3)C2=O)cc1CN.